The molecular formula is C19H25N3O4. The highest BCUT2D eigenvalue weighted by atomic mass is 16.5. The van der Waals surface area contributed by atoms with Crippen molar-refractivity contribution in [1.29, 1.82) is 0 Å². The van der Waals surface area contributed by atoms with E-state index in [9.17, 15) is 4.79 Å². The fourth-order valence-electron chi connectivity index (χ4n) is 2.62. The highest BCUT2D eigenvalue weighted by molar-refractivity contribution is 5.96. The van der Waals surface area contributed by atoms with Crippen LogP contribution in [0.25, 0.3) is 0 Å². The van der Waals surface area contributed by atoms with Gasteiger partial charge >= 0.3 is 0 Å². The highest BCUT2D eigenvalue weighted by Crippen LogP contribution is 2.25. The molecule has 0 bridgehead atoms. The number of carbonyl (C=O) groups is 1. The molecule has 0 aliphatic carbocycles. The lowest BCUT2D eigenvalue weighted by atomic mass is 10.1. The molecule has 26 heavy (non-hydrogen) atoms. The van der Waals surface area contributed by atoms with Crippen LogP contribution in [0.15, 0.2) is 24.5 Å². The van der Waals surface area contributed by atoms with Gasteiger partial charge < -0.3 is 19.1 Å². The molecule has 0 N–H and O–H groups in total. The SMILES string of the molecule is COCCOc1ncccc1C(=O)N(C)Cc1ncc(C)c(OC)c1C. The molecule has 2 aromatic rings. The zero-order valence-electron chi connectivity index (χ0n) is 15.9. The fraction of sp³-hybridized carbons (Fsp3) is 0.421. The van der Waals surface area contributed by atoms with E-state index in [4.69, 9.17) is 14.2 Å². The van der Waals surface area contributed by atoms with Crippen molar-refractivity contribution in [2.45, 2.75) is 20.4 Å². The number of nitrogens with zero attached hydrogens (tertiary/aromatic N) is 3. The molecule has 0 unspecified atom stereocenters. The van der Waals surface area contributed by atoms with E-state index in [1.54, 1.807) is 50.7 Å². The van der Waals surface area contributed by atoms with Gasteiger partial charge in [0.05, 0.1) is 26.0 Å². The molecule has 2 rings (SSSR count). The average molecular weight is 359 g/mol. The normalized spacial score (nSPS) is 10.5. The van der Waals surface area contributed by atoms with Gasteiger partial charge in [0.2, 0.25) is 5.88 Å². The molecule has 0 aromatic carbocycles. The van der Waals surface area contributed by atoms with E-state index < -0.39 is 0 Å². The van der Waals surface area contributed by atoms with E-state index in [0.29, 0.717) is 31.2 Å². The van der Waals surface area contributed by atoms with E-state index in [0.717, 1.165) is 22.6 Å². The Bertz CT molecular complexity index is 764. The van der Waals surface area contributed by atoms with Crippen molar-refractivity contribution < 1.29 is 19.0 Å². The minimum atomic E-state index is -0.189. The minimum absolute atomic E-state index is 0.189. The lowest BCUT2D eigenvalue weighted by molar-refractivity contribution is 0.0774. The van der Waals surface area contributed by atoms with Crippen LogP contribution in [0.5, 0.6) is 11.6 Å². The summed E-state index contributed by atoms with van der Waals surface area (Å²) in [5, 5.41) is 0. The molecule has 0 aliphatic rings. The maximum Gasteiger partial charge on any atom is 0.259 e. The zero-order valence-corrected chi connectivity index (χ0v) is 15.9. The van der Waals surface area contributed by atoms with Gasteiger partial charge in [-0.05, 0) is 26.0 Å². The summed E-state index contributed by atoms with van der Waals surface area (Å²) in [6.07, 6.45) is 3.35. The van der Waals surface area contributed by atoms with E-state index >= 15 is 0 Å². The van der Waals surface area contributed by atoms with Gasteiger partial charge in [-0.25, -0.2) is 4.98 Å². The molecule has 2 aromatic heterocycles. The standard InChI is InChI=1S/C19H25N3O4/c1-13-11-21-16(14(2)17(13)25-5)12-22(3)19(23)15-7-6-8-20-18(15)26-10-9-24-4/h6-8,11H,9-10,12H2,1-5H3. The molecule has 0 saturated carbocycles. The van der Waals surface area contributed by atoms with Crippen molar-refractivity contribution in [3.05, 3.63) is 46.9 Å². The fourth-order valence-corrected chi connectivity index (χ4v) is 2.62. The topological polar surface area (TPSA) is 73.8 Å². The second-order valence-corrected chi connectivity index (χ2v) is 5.90. The predicted octanol–water partition coefficient (Wildman–Crippen LogP) is 2.40. The third-order valence-electron chi connectivity index (χ3n) is 4.01. The largest absolute Gasteiger partial charge is 0.496 e. The van der Waals surface area contributed by atoms with Crippen molar-refractivity contribution in [2.75, 3.05) is 34.5 Å². The van der Waals surface area contributed by atoms with Crippen LogP contribution in [0.3, 0.4) is 0 Å². The number of hydrogen-bond acceptors (Lipinski definition) is 6. The summed E-state index contributed by atoms with van der Waals surface area (Å²) in [6, 6.07) is 3.41. The molecular weight excluding hydrogens is 334 g/mol. The summed E-state index contributed by atoms with van der Waals surface area (Å²) in [6.45, 7) is 4.99. The van der Waals surface area contributed by atoms with Crippen LogP contribution in [0, 0.1) is 13.8 Å². The van der Waals surface area contributed by atoms with E-state index in [1.165, 1.54) is 0 Å². The second kappa shape index (κ2) is 9.15. The summed E-state index contributed by atoms with van der Waals surface area (Å²) in [7, 11) is 4.95. The number of carbonyl (C=O) groups excluding carboxylic acids is 1. The Kier molecular flexibility index (Phi) is 6.91. The number of amides is 1. The Morgan fingerprint density at radius 2 is 1.96 bits per heavy atom. The van der Waals surface area contributed by atoms with Crippen LogP contribution in [0.4, 0.5) is 0 Å². The highest BCUT2D eigenvalue weighted by Gasteiger charge is 2.20. The molecule has 0 saturated heterocycles. The number of aromatic nitrogens is 2. The van der Waals surface area contributed by atoms with E-state index in [1.807, 2.05) is 13.8 Å². The van der Waals surface area contributed by atoms with Gasteiger partial charge in [0, 0.05) is 37.7 Å². The first kappa shape index (κ1) is 19.7. The first-order valence-corrected chi connectivity index (χ1v) is 8.30. The van der Waals surface area contributed by atoms with Gasteiger partial charge in [0.1, 0.15) is 17.9 Å². The molecule has 140 valence electrons. The summed E-state index contributed by atoms with van der Waals surface area (Å²) >= 11 is 0. The van der Waals surface area contributed by atoms with Crippen LogP contribution in [0.2, 0.25) is 0 Å². The van der Waals surface area contributed by atoms with Crippen LogP contribution in [-0.2, 0) is 11.3 Å². The number of rotatable bonds is 8. The Morgan fingerprint density at radius 3 is 2.65 bits per heavy atom. The Hall–Kier alpha value is -2.67. The lowest BCUT2D eigenvalue weighted by Crippen LogP contribution is -2.28. The van der Waals surface area contributed by atoms with Gasteiger partial charge in [0.15, 0.2) is 0 Å². The number of ether oxygens (including phenoxy) is 3. The quantitative estimate of drug-likeness (QED) is 0.674. The Balaban J connectivity index is 2.18. The number of hydrogen-bond donors (Lipinski definition) is 0. The monoisotopic (exact) mass is 359 g/mol. The summed E-state index contributed by atoms with van der Waals surface area (Å²) < 4.78 is 16.0. The van der Waals surface area contributed by atoms with Crippen molar-refractivity contribution in [3.8, 4) is 11.6 Å². The molecule has 1 amide bonds. The van der Waals surface area contributed by atoms with Gasteiger partial charge in [-0.1, -0.05) is 0 Å². The first-order valence-electron chi connectivity index (χ1n) is 8.30. The van der Waals surface area contributed by atoms with Crippen molar-refractivity contribution in [1.82, 2.24) is 14.9 Å². The zero-order chi connectivity index (χ0) is 19.1. The molecule has 0 spiro atoms. The maximum absolute atomic E-state index is 12.9. The van der Waals surface area contributed by atoms with Crippen molar-refractivity contribution in [3.63, 3.8) is 0 Å². The van der Waals surface area contributed by atoms with Crippen molar-refractivity contribution >= 4 is 5.91 Å². The second-order valence-electron chi connectivity index (χ2n) is 5.90. The van der Waals surface area contributed by atoms with E-state index in [-0.39, 0.29) is 5.91 Å². The third-order valence-corrected chi connectivity index (χ3v) is 4.01. The number of pyridine rings is 2. The average Bonchev–Trinajstić information content (AvgIpc) is 2.64. The van der Waals surface area contributed by atoms with Crippen LogP contribution in [0.1, 0.15) is 27.2 Å². The molecule has 0 radical (unpaired) electrons. The van der Waals surface area contributed by atoms with Gasteiger partial charge in [-0.15, -0.1) is 0 Å². The first-order chi connectivity index (χ1) is 12.5. The predicted molar refractivity (Wildman–Crippen MR) is 97.7 cm³/mol. The molecule has 0 fully saturated rings. The summed E-state index contributed by atoms with van der Waals surface area (Å²) in [4.78, 5) is 23.0. The molecule has 0 aliphatic heterocycles. The van der Waals surface area contributed by atoms with Gasteiger partial charge in [-0.3, -0.25) is 9.78 Å². The van der Waals surface area contributed by atoms with E-state index in [2.05, 4.69) is 9.97 Å². The van der Waals surface area contributed by atoms with Crippen LogP contribution < -0.4 is 9.47 Å². The van der Waals surface area contributed by atoms with Gasteiger partial charge in [0.25, 0.3) is 5.91 Å². The smallest absolute Gasteiger partial charge is 0.259 e. The van der Waals surface area contributed by atoms with Crippen LogP contribution >= 0.6 is 0 Å². The molecule has 0 atom stereocenters. The minimum Gasteiger partial charge on any atom is -0.496 e. The molecule has 7 heteroatoms. The third kappa shape index (κ3) is 4.49. The lowest BCUT2D eigenvalue weighted by Gasteiger charge is -2.20. The summed E-state index contributed by atoms with van der Waals surface area (Å²) in [5.41, 5.74) is 3.08. The Labute approximate surface area is 153 Å². The van der Waals surface area contributed by atoms with Crippen molar-refractivity contribution in [2.24, 2.45) is 0 Å². The van der Waals surface area contributed by atoms with Crippen LogP contribution in [-0.4, -0.2) is 55.3 Å². The summed E-state index contributed by atoms with van der Waals surface area (Å²) in [5.74, 6) is 0.902. The maximum atomic E-state index is 12.9. The number of methoxy groups -OCH3 is 2. The Morgan fingerprint density at radius 1 is 1.19 bits per heavy atom. The van der Waals surface area contributed by atoms with Gasteiger partial charge in [-0.2, -0.15) is 0 Å². The molecule has 7 nitrogen and oxygen atoms in total. The molecule has 2 heterocycles. The number of aryl methyl sites for hydroxylation is 1.